The molecule has 4 atom stereocenters. The number of hydrogen-bond acceptors (Lipinski definition) is 5. The summed E-state index contributed by atoms with van der Waals surface area (Å²) in [5, 5.41) is 0. The van der Waals surface area contributed by atoms with Crippen LogP contribution in [0.4, 0.5) is 4.79 Å². The lowest BCUT2D eigenvalue weighted by Gasteiger charge is -2.39. The highest BCUT2D eigenvalue weighted by Gasteiger charge is 2.55. The number of fused-ring (bicyclic) bond motifs is 2. The molecule has 0 aromatic rings. The van der Waals surface area contributed by atoms with Gasteiger partial charge < -0.3 is 14.2 Å². The first-order valence-corrected chi connectivity index (χ1v) is 5.77. The first-order valence-electron chi connectivity index (χ1n) is 5.77. The van der Waals surface area contributed by atoms with Crippen LogP contribution >= 0.6 is 0 Å². The van der Waals surface area contributed by atoms with E-state index in [1.807, 2.05) is 6.92 Å². The van der Waals surface area contributed by atoms with Gasteiger partial charge in [0.15, 0.2) is 0 Å². The molecule has 5 nitrogen and oxygen atoms in total. The van der Waals surface area contributed by atoms with Gasteiger partial charge in [-0.05, 0) is 19.9 Å². The summed E-state index contributed by atoms with van der Waals surface area (Å²) in [5.74, 6) is -1.96. The monoisotopic (exact) mass is 240 g/mol. The Morgan fingerprint density at radius 2 is 2.24 bits per heavy atom. The number of rotatable bonds is 2. The van der Waals surface area contributed by atoms with Crippen molar-refractivity contribution in [2.75, 3.05) is 6.61 Å². The second kappa shape index (κ2) is 4.14. The molecule has 0 saturated carbocycles. The first kappa shape index (κ1) is 12.1. The molecule has 0 spiro atoms. The fourth-order valence-electron chi connectivity index (χ4n) is 2.21. The van der Waals surface area contributed by atoms with Crippen LogP contribution in [-0.2, 0) is 19.0 Å². The zero-order valence-electron chi connectivity index (χ0n) is 10.1. The third-order valence-electron chi connectivity index (χ3n) is 3.32. The molecule has 2 aliphatic rings. The van der Waals surface area contributed by atoms with E-state index in [0.717, 1.165) is 0 Å². The van der Waals surface area contributed by atoms with Gasteiger partial charge in [-0.2, -0.15) is 0 Å². The molecule has 94 valence electrons. The summed E-state index contributed by atoms with van der Waals surface area (Å²) < 4.78 is 15.5. The van der Waals surface area contributed by atoms with Crippen LogP contribution < -0.4 is 0 Å². The van der Waals surface area contributed by atoms with Crippen LogP contribution in [0.25, 0.3) is 0 Å². The zero-order valence-corrected chi connectivity index (χ0v) is 10.1. The molecule has 0 aromatic carbocycles. The van der Waals surface area contributed by atoms with Gasteiger partial charge in [-0.3, -0.25) is 4.79 Å². The molecule has 2 bridgehead atoms. The second-order valence-corrected chi connectivity index (χ2v) is 4.36. The summed E-state index contributed by atoms with van der Waals surface area (Å²) in [6.07, 6.45) is 2.28. The van der Waals surface area contributed by atoms with Crippen LogP contribution in [0.2, 0.25) is 0 Å². The van der Waals surface area contributed by atoms with Crippen molar-refractivity contribution in [1.82, 2.24) is 0 Å². The molecule has 2 heterocycles. The summed E-state index contributed by atoms with van der Waals surface area (Å²) in [4.78, 5) is 23.3. The van der Waals surface area contributed by atoms with Crippen molar-refractivity contribution in [1.29, 1.82) is 0 Å². The largest absolute Gasteiger partial charge is 0.511 e. The number of ketones is 1. The van der Waals surface area contributed by atoms with Crippen LogP contribution in [-0.4, -0.2) is 30.4 Å². The Kier molecular flexibility index (Phi) is 2.95. The molecule has 0 amide bonds. The molecule has 2 aliphatic heterocycles. The van der Waals surface area contributed by atoms with Gasteiger partial charge in [0.2, 0.25) is 5.79 Å². The van der Waals surface area contributed by atoms with Gasteiger partial charge in [0.25, 0.3) is 0 Å². The van der Waals surface area contributed by atoms with Gasteiger partial charge in [-0.15, -0.1) is 0 Å². The van der Waals surface area contributed by atoms with Crippen molar-refractivity contribution >= 4 is 11.9 Å². The van der Waals surface area contributed by atoms with Gasteiger partial charge >= 0.3 is 6.16 Å². The lowest BCUT2D eigenvalue weighted by atomic mass is 9.86. The second-order valence-electron chi connectivity index (χ2n) is 4.36. The zero-order chi connectivity index (χ0) is 12.6. The Morgan fingerprint density at radius 1 is 1.53 bits per heavy atom. The first-order chi connectivity index (χ1) is 8.00. The maximum atomic E-state index is 12.0. The highest BCUT2D eigenvalue weighted by atomic mass is 16.8. The lowest BCUT2D eigenvalue weighted by molar-refractivity contribution is -0.234. The molecule has 1 saturated heterocycles. The van der Waals surface area contributed by atoms with Crippen molar-refractivity contribution in [2.24, 2.45) is 11.8 Å². The van der Waals surface area contributed by atoms with Gasteiger partial charge in [0, 0.05) is 5.92 Å². The quantitative estimate of drug-likeness (QED) is 0.542. The standard InChI is InChI=1S/C12H16O5/c1-4-15-11(14)17-12-6-5-9(16-12)7(2)10(13)8(12)3/h5-9H,4H2,1-3H3/t7-,8+,9-,12+/m1/s1. The summed E-state index contributed by atoms with van der Waals surface area (Å²) in [5.41, 5.74) is 0. The smallest absolute Gasteiger partial charge is 0.435 e. The van der Waals surface area contributed by atoms with Crippen molar-refractivity contribution < 1.29 is 23.8 Å². The van der Waals surface area contributed by atoms with E-state index < -0.39 is 17.9 Å². The van der Waals surface area contributed by atoms with Crippen LogP contribution in [0, 0.1) is 11.8 Å². The van der Waals surface area contributed by atoms with Crippen LogP contribution in [0.15, 0.2) is 12.2 Å². The number of hydrogen-bond donors (Lipinski definition) is 0. The predicted molar refractivity (Wildman–Crippen MR) is 58.2 cm³/mol. The Hall–Kier alpha value is -1.36. The number of Topliss-reactive ketones (excluding diaryl/α,β-unsaturated/α-hetero) is 1. The van der Waals surface area contributed by atoms with Crippen molar-refractivity contribution in [3.63, 3.8) is 0 Å². The Morgan fingerprint density at radius 3 is 2.88 bits per heavy atom. The maximum absolute atomic E-state index is 12.0. The summed E-state index contributed by atoms with van der Waals surface area (Å²) in [7, 11) is 0. The third-order valence-corrected chi connectivity index (χ3v) is 3.32. The molecule has 0 aromatic heterocycles. The van der Waals surface area contributed by atoms with Crippen LogP contribution in [0.1, 0.15) is 20.8 Å². The molecule has 17 heavy (non-hydrogen) atoms. The van der Waals surface area contributed by atoms with E-state index in [1.165, 1.54) is 0 Å². The van der Waals surface area contributed by atoms with Crippen LogP contribution in [0.5, 0.6) is 0 Å². The lowest BCUT2D eigenvalue weighted by Crippen LogP contribution is -2.52. The average Bonchev–Trinajstić information content (AvgIpc) is 2.68. The van der Waals surface area contributed by atoms with E-state index in [4.69, 9.17) is 14.2 Å². The number of ether oxygens (including phenoxy) is 3. The fourth-order valence-corrected chi connectivity index (χ4v) is 2.21. The topological polar surface area (TPSA) is 61.8 Å². The molecule has 1 fully saturated rings. The minimum Gasteiger partial charge on any atom is -0.435 e. The minimum absolute atomic E-state index is 0.0375. The summed E-state index contributed by atoms with van der Waals surface area (Å²) >= 11 is 0. The van der Waals surface area contributed by atoms with Crippen molar-refractivity contribution in [3.8, 4) is 0 Å². The average molecular weight is 240 g/mol. The van der Waals surface area contributed by atoms with E-state index in [0.29, 0.717) is 0 Å². The summed E-state index contributed by atoms with van der Waals surface area (Å²) in [6.45, 7) is 5.42. The minimum atomic E-state index is -1.28. The van der Waals surface area contributed by atoms with Gasteiger partial charge in [0.1, 0.15) is 5.78 Å². The molecule has 5 heteroatoms. The normalized spacial score (nSPS) is 39.2. The molecular formula is C12H16O5. The maximum Gasteiger partial charge on any atom is 0.511 e. The van der Waals surface area contributed by atoms with E-state index in [2.05, 4.69) is 0 Å². The highest BCUT2D eigenvalue weighted by molar-refractivity contribution is 5.86. The molecular weight excluding hydrogens is 224 g/mol. The Balaban J connectivity index is 2.18. The molecule has 0 aliphatic carbocycles. The van der Waals surface area contributed by atoms with Crippen molar-refractivity contribution in [2.45, 2.75) is 32.7 Å². The van der Waals surface area contributed by atoms with E-state index >= 15 is 0 Å². The third kappa shape index (κ3) is 1.84. The predicted octanol–water partition coefficient (Wildman–Crippen LogP) is 1.67. The SMILES string of the molecule is CCOC(=O)O[C@]12C=C[C@@H](O1)[C@@H](C)C(=O)[C@@H]2C. The number of carbonyl (C=O) groups is 2. The summed E-state index contributed by atoms with van der Waals surface area (Å²) in [6, 6.07) is 0. The van der Waals surface area contributed by atoms with Crippen molar-refractivity contribution in [3.05, 3.63) is 12.2 Å². The Labute approximate surface area is 99.7 Å². The van der Waals surface area contributed by atoms with Gasteiger partial charge in [-0.1, -0.05) is 13.0 Å². The molecule has 0 radical (unpaired) electrons. The van der Waals surface area contributed by atoms with E-state index in [-0.39, 0.29) is 24.4 Å². The number of carbonyl (C=O) groups excluding carboxylic acids is 2. The van der Waals surface area contributed by atoms with E-state index in [9.17, 15) is 9.59 Å². The molecule has 0 N–H and O–H groups in total. The van der Waals surface area contributed by atoms with E-state index in [1.54, 1.807) is 26.0 Å². The fraction of sp³-hybridized carbons (Fsp3) is 0.667. The van der Waals surface area contributed by atoms with Crippen LogP contribution in [0.3, 0.4) is 0 Å². The van der Waals surface area contributed by atoms with Gasteiger partial charge in [-0.25, -0.2) is 4.79 Å². The Bertz CT molecular complexity index is 375. The molecule has 2 rings (SSSR count). The van der Waals surface area contributed by atoms with Gasteiger partial charge in [0.05, 0.1) is 18.6 Å². The highest BCUT2D eigenvalue weighted by Crippen LogP contribution is 2.42. The molecule has 0 unspecified atom stereocenters.